The zero-order chi connectivity index (χ0) is 16.8. The molecular weight excluding hydrogens is 296 g/mol. The molecule has 6 nitrogen and oxygen atoms in total. The minimum absolute atomic E-state index is 0.0228. The Morgan fingerprint density at radius 1 is 1.35 bits per heavy atom. The van der Waals surface area contributed by atoms with Gasteiger partial charge in [0.2, 0.25) is 0 Å². The summed E-state index contributed by atoms with van der Waals surface area (Å²) >= 11 is 0. The summed E-state index contributed by atoms with van der Waals surface area (Å²) in [6, 6.07) is 7.03. The van der Waals surface area contributed by atoms with E-state index in [-0.39, 0.29) is 18.1 Å². The van der Waals surface area contributed by atoms with Crippen LogP contribution < -0.4 is 10.5 Å². The van der Waals surface area contributed by atoms with Crippen LogP contribution in [0.5, 0.6) is 5.75 Å². The number of carbonyl (C=O) groups is 1. The number of nitrogens with two attached hydrogens (primary N) is 1. The molecule has 1 heterocycles. The van der Waals surface area contributed by atoms with E-state index in [9.17, 15) is 9.90 Å². The van der Waals surface area contributed by atoms with E-state index in [2.05, 4.69) is 0 Å². The third-order valence-electron chi connectivity index (χ3n) is 3.69. The molecule has 0 unspecified atom stereocenters. The highest BCUT2D eigenvalue weighted by Crippen LogP contribution is 2.19. The van der Waals surface area contributed by atoms with Crippen LogP contribution in [-0.2, 0) is 4.74 Å². The van der Waals surface area contributed by atoms with E-state index in [1.807, 2.05) is 13.8 Å². The number of nitrogens with zero attached hydrogens (tertiary/aromatic N) is 1. The summed E-state index contributed by atoms with van der Waals surface area (Å²) in [5, 5.41) is 10.0. The van der Waals surface area contributed by atoms with Crippen molar-refractivity contribution in [3.8, 4) is 5.75 Å². The molecule has 6 heteroatoms. The standard InChI is InChI=1S/C17H26N2O4/c1-12(2)23-16-11-19(10-15(16)20)17(21)13-4-6-14(7-5-13)22-9-3-8-18/h4-7,12,15-16,20H,3,8-11,18H2,1-2H3/t15-,16-/m0/s1. The van der Waals surface area contributed by atoms with E-state index in [4.69, 9.17) is 15.2 Å². The van der Waals surface area contributed by atoms with Gasteiger partial charge in [0, 0.05) is 18.7 Å². The van der Waals surface area contributed by atoms with Crippen LogP contribution in [0.4, 0.5) is 0 Å². The van der Waals surface area contributed by atoms with Crippen LogP contribution in [0, 0.1) is 0 Å². The highest BCUT2D eigenvalue weighted by Gasteiger charge is 2.35. The van der Waals surface area contributed by atoms with Crippen LogP contribution in [0.2, 0.25) is 0 Å². The van der Waals surface area contributed by atoms with Gasteiger partial charge in [-0.05, 0) is 51.1 Å². The smallest absolute Gasteiger partial charge is 0.254 e. The maximum Gasteiger partial charge on any atom is 0.254 e. The number of rotatable bonds is 7. The fourth-order valence-electron chi connectivity index (χ4n) is 2.56. The normalized spacial score (nSPS) is 21.0. The Morgan fingerprint density at radius 3 is 2.65 bits per heavy atom. The molecule has 1 aromatic rings. The summed E-state index contributed by atoms with van der Waals surface area (Å²) in [5.74, 6) is 0.616. The topological polar surface area (TPSA) is 85.0 Å². The van der Waals surface area contributed by atoms with Gasteiger partial charge in [0.1, 0.15) is 11.9 Å². The number of aliphatic hydroxyl groups excluding tert-OH is 1. The zero-order valence-electron chi connectivity index (χ0n) is 13.8. The highest BCUT2D eigenvalue weighted by atomic mass is 16.5. The molecule has 0 aliphatic carbocycles. The van der Waals surface area contributed by atoms with Crippen LogP contribution in [0.15, 0.2) is 24.3 Å². The van der Waals surface area contributed by atoms with Crippen molar-refractivity contribution in [2.24, 2.45) is 5.73 Å². The van der Waals surface area contributed by atoms with Crippen molar-refractivity contribution < 1.29 is 19.4 Å². The summed E-state index contributed by atoms with van der Waals surface area (Å²) in [7, 11) is 0. The summed E-state index contributed by atoms with van der Waals surface area (Å²) in [6.45, 7) is 5.70. The van der Waals surface area contributed by atoms with E-state index in [0.717, 1.165) is 12.2 Å². The predicted octanol–water partition coefficient (Wildman–Crippen LogP) is 1.02. The molecule has 0 bridgehead atoms. The number of ether oxygens (including phenoxy) is 2. The molecule has 1 amide bonds. The van der Waals surface area contributed by atoms with Gasteiger partial charge in [-0.15, -0.1) is 0 Å². The van der Waals surface area contributed by atoms with Crippen LogP contribution in [-0.4, -0.2) is 60.5 Å². The van der Waals surface area contributed by atoms with Gasteiger partial charge in [-0.1, -0.05) is 0 Å². The first kappa shape index (κ1) is 17.7. The van der Waals surface area contributed by atoms with Crippen molar-refractivity contribution in [1.29, 1.82) is 0 Å². The lowest BCUT2D eigenvalue weighted by atomic mass is 10.2. The quantitative estimate of drug-likeness (QED) is 0.732. The maximum atomic E-state index is 12.5. The van der Waals surface area contributed by atoms with Gasteiger partial charge in [-0.25, -0.2) is 0 Å². The second-order valence-electron chi connectivity index (χ2n) is 6.02. The van der Waals surface area contributed by atoms with Crippen LogP contribution in [0.3, 0.4) is 0 Å². The van der Waals surface area contributed by atoms with Crippen molar-refractivity contribution >= 4 is 5.91 Å². The van der Waals surface area contributed by atoms with E-state index < -0.39 is 6.10 Å². The molecule has 3 N–H and O–H groups in total. The average Bonchev–Trinajstić information content (AvgIpc) is 2.88. The third kappa shape index (κ3) is 4.92. The lowest BCUT2D eigenvalue weighted by Gasteiger charge is -2.18. The number of β-amino-alcohol motifs (C(OH)–C–C–N with tert-alkyl or cyclic N) is 1. The fourth-order valence-corrected chi connectivity index (χ4v) is 2.56. The number of hydrogen-bond acceptors (Lipinski definition) is 5. The minimum Gasteiger partial charge on any atom is -0.494 e. The van der Waals surface area contributed by atoms with Gasteiger partial charge in [-0.3, -0.25) is 4.79 Å². The number of carbonyl (C=O) groups excluding carboxylic acids is 1. The average molecular weight is 322 g/mol. The Bertz CT molecular complexity index is 504. The summed E-state index contributed by atoms with van der Waals surface area (Å²) in [5.41, 5.74) is 6.00. The molecule has 0 spiro atoms. The SMILES string of the molecule is CC(C)O[C@H]1CN(C(=O)c2ccc(OCCCN)cc2)C[C@@H]1O. The van der Waals surface area contributed by atoms with Crippen molar-refractivity contribution in [2.75, 3.05) is 26.2 Å². The van der Waals surface area contributed by atoms with Gasteiger partial charge in [-0.2, -0.15) is 0 Å². The first-order valence-corrected chi connectivity index (χ1v) is 8.07. The molecule has 23 heavy (non-hydrogen) atoms. The van der Waals surface area contributed by atoms with E-state index >= 15 is 0 Å². The number of amides is 1. The molecule has 2 atom stereocenters. The molecule has 0 radical (unpaired) electrons. The molecule has 0 aromatic heterocycles. The Labute approximate surface area is 137 Å². The molecule has 1 aliphatic rings. The monoisotopic (exact) mass is 322 g/mol. The van der Waals surface area contributed by atoms with Crippen molar-refractivity contribution in [3.63, 3.8) is 0 Å². The number of likely N-dealkylation sites (tertiary alicyclic amines) is 1. The molecule has 1 fully saturated rings. The minimum atomic E-state index is -0.639. The first-order valence-electron chi connectivity index (χ1n) is 8.07. The first-order chi connectivity index (χ1) is 11.0. The Kier molecular flexibility index (Phi) is 6.38. The van der Waals surface area contributed by atoms with Crippen molar-refractivity contribution in [2.45, 2.75) is 38.6 Å². The van der Waals surface area contributed by atoms with Gasteiger partial charge >= 0.3 is 0 Å². The lowest BCUT2D eigenvalue weighted by Crippen LogP contribution is -2.31. The van der Waals surface area contributed by atoms with Crippen LogP contribution in [0.1, 0.15) is 30.6 Å². The molecule has 128 valence electrons. The van der Waals surface area contributed by atoms with E-state index in [0.29, 0.717) is 31.8 Å². The predicted molar refractivity (Wildman–Crippen MR) is 87.5 cm³/mol. The van der Waals surface area contributed by atoms with E-state index in [1.54, 1.807) is 29.2 Å². The molecule has 0 saturated carbocycles. The van der Waals surface area contributed by atoms with Crippen LogP contribution in [0.25, 0.3) is 0 Å². The number of benzene rings is 1. The number of aliphatic hydroxyl groups is 1. The largest absolute Gasteiger partial charge is 0.494 e. The van der Waals surface area contributed by atoms with E-state index in [1.165, 1.54) is 0 Å². The summed E-state index contributed by atoms with van der Waals surface area (Å²) < 4.78 is 11.2. The third-order valence-corrected chi connectivity index (χ3v) is 3.69. The fraction of sp³-hybridized carbons (Fsp3) is 0.588. The second-order valence-corrected chi connectivity index (χ2v) is 6.02. The summed E-state index contributed by atoms with van der Waals surface area (Å²) in [6.07, 6.45) is -0.142. The molecule has 1 saturated heterocycles. The second kappa shape index (κ2) is 8.29. The molecule has 1 aromatic carbocycles. The molecular formula is C17H26N2O4. The van der Waals surface area contributed by atoms with Gasteiger partial charge in [0.15, 0.2) is 0 Å². The number of hydrogen-bond donors (Lipinski definition) is 2. The maximum absolute atomic E-state index is 12.5. The van der Waals surface area contributed by atoms with Gasteiger partial charge in [0.25, 0.3) is 5.91 Å². The Balaban J connectivity index is 1.93. The van der Waals surface area contributed by atoms with Crippen molar-refractivity contribution in [1.82, 2.24) is 4.90 Å². The lowest BCUT2D eigenvalue weighted by molar-refractivity contribution is -0.0394. The molecule has 1 aliphatic heterocycles. The Morgan fingerprint density at radius 2 is 2.04 bits per heavy atom. The van der Waals surface area contributed by atoms with Crippen molar-refractivity contribution in [3.05, 3.63) is 29.8 Å². The highest BCUT2D eigenvalue weighted by molar-refractivity contribution is 5.94. The van der Waals surface area contributed by atoms with Crippen LogP contribution >= 0.6 is 0 Å². The summed E-state index contributed by atoms with van der Waals surface area (Å²) in [4.78, 5) is 14.1. The molecule has 2 rings (SSSR count). The van der Waals surface area contributed by atoms with Gasteiger partial charge in [0.05, 0.1) is 18.8 Å². The van der Waals surface area contributed by atoms with Gasteiger partial charge < -0.3 is 25.2 Å². The zero-order valence-corrected chi connectivity index (χ0v) is 13.8. The Hall–Kier alpha value is -1.63.